The summed E-state index contributed by atoms with van der Waals surface area (Å²) in [5, 5.41) is 3.94. The minimum atomic E-state index is -0.562. The molecule has 0 saturated heterocycles. The van der Waals surface area contributed by atoms with Crippen molar-refractivity contribution in [2.75, 3.05) is 11.1 Å². The number of benzene rings is 1. The summed E-state index contributed by atoms with van der Waals surface area (Å²) in [6.45, 7) is 2.36. The third-order valence-electron chi connectivity index (χ3n) is 3.99. The molecule has 0 aliphatic heterocycles. The van der Waals surface area contributed by atoms with Gasteiger partial charge in [-0.3, -0.25) is 14.4 Å². The van der Waals surface area contributed by atoms with Crippen LogP contribution in [0.3, 0.4) is 0 Å². The van der Waals surface area contributed by atoms with Crippen LogP contribution in [0.2, 0.25) is 5.02 Å². The summed E-state index contributed by atoms with van der Waals surface area (Å²) in [5.41, 5.74) is 5.68. The van der Waals surface area contributed by atoms with Crippen molar-refractivity contribution in [2.24, 2.45) is 0 Å². The Balaban J connectivity index is 0.000000523. The Bertz CT molecular complexity index is 887. The van der Waals surface area contributed by atoms with Crippen molar-refractivity contribution >= 4 is 53.5 Å². The van der Waals surface area contributed by atoms with E-state index in [9.17, 15) is 14.4 Å². The van der Waals surface area contributed by atoms with Crippen LogP contribution >= 0.6 is 24.0 Å². The molecule has 31 heavy (non-hydrogen) atoms. The second-order valence-corrected chi connectivity index (χ2v) is 6.98. The smallest absolute Gasteiger partial charge is 0.310 e. The van der Waals surface area contributed by atoms with Crippen LogP contribution in [0, 0.1) is 0 Å². The topological polar surface area (TPSA) is 134 Å². The minimum absolute atomic E-state index is 0. The number of nitrogens with two attached hydrogens (primary N) is 1. The van der Waals surface area contributed by atoms with Crippen molar-refractivity contribution in [3.05, 3.63) is 35.5 Å². The van der Waals surface area contributed by atoms with Crippen molar-refractivity contribution in [1.82, 2.24) is 9.97 Å². The number of carbonyl (C=O) groups excluding carboxylic acids is 3. The molecular formula is C20H24Cl2N4O5. The molecule has 0 unspecified atom stereocenters. The van der Waals surface area contributed by atoms with Gasteiger partial charge in [-0.2, -0.15) is 4.98 Å². The third-order valence-corrected chi connectivity index (χ3v) is 4.24. The van der Waals surface area contributed by atoms with Gasteiger partial charge in [-0.1, -0.05) is 11.6 Å². The number of aromatic nitrogens is 2. The molecule has 1 saturated carbocycles. The van der Waals surface area contributed by atoms with Crippen molar-refractivity contribution in [2.45, 2.75) is 45.6 Å². The van der Waals surface area contributed by atoms with Crippen molar-refractivity contribution in [3.8, 4) is 11.5 Å². The van der Waals surface area contributed by atoms with Crippen molar-refractivity contribution in [1.29, 1.82) is 0 Å². The number of anilines is 2. The number of carbonyl (C=O) groups is 3. The zero-order chi connectivity index (χ0) is 22.1. The standard InChI is InChI=1S/C16H17ClN4O2.C4H6O3.ClH/c17-10-1-7-13(8-2-10)23-14-9-19-16(18)21-15(14)20-11-3-5-12(22)6-4-11;1-3(5)7-4(2)6;/h1-2,7-9,11H,3-6H2,(H3,18,19,20,21);1-2H3;1H. The van der Waals surface area contributed by atoms with E-state index in [-0.39, 0.29) is 24.4 Å². The average molecular weight is 471 g/mol. The molecule has 2 aromatic rings. The fourth-order valence-electron chi connectivity index (χ4n) is 2.67. The Morgan fingerprint density at radius 2 is 1.71 bits per heavy atom. The SMILES string of the molecule is CC(=O)OC(C)=O.Cl.Nc1ncc(Oc2ccc(Cl)cc2)c(NC2CCC(=O)CC2)n1. The quantitative estimate of drug-likeness (QED) is 0.502. The second-order valence-electron chi connectivity index (χ2n) is 6.54. The molecule has 3 rings (SSSR count). The normalized spacial score (nSPS) is 13.2. The van der Waals surface area contributed by atoms with Crippen LogP contribution in [0.15, 0.2) is 30.5 Å². The minimum Gasteiger partial charge on any atom is -0.452 e. The predicted octanol–water partition coefficient (Wildman–Crippen LogP) is 3.95. The Morgan fingerprint density at radius 1 is 1.13 bits per heavy atom. The van der Waals surface area contributed by atoms with Gasteiger partial charge < -0.3 is 20.5 Å². The number of ether oxygens (including phenoxy) is 2. The maximum absolute atomic E-state index is 11.3. The van der Waals surface area contributed by atoms with E-state index in [0.29, 0.717) is 41.0 Å². The van der Waals surface area contributed by atoms with Gasteiger partial charge in [0.15, 0.2) is 11.6 Å². The summed E-state index contributed by atoms with van der Waals surface area (Å²) in [4.78, 5) is 39.2. The molecule has 0 spiro atoms. The van der Waals surface area contributed by atoms with Crippen LogP contribution in [0.1, 0.15) is 39.5 Å². The van der Waals surface area contributed by atoms with Crippen LogP contribution in [-0.2, 0) is 19.1 Å². The number of halogens is 2. The number of rotatable bonds is 4. The first kappa shape index (κ1) is 26.1. The fraction of sp³-hybridized carbons (Fsp3) is 0.350. The number of nitrogens with one attached hydrogen (secondary N) is 1. The number of ketones is 1. The highest BCUT2D eigenvalue weighted by Crippen LogP contribution is 2.30. The average Bonchev–Trinajstić information content (AvgIpc) is 2.67. The maximum atomic E-state index is 11.3. The molecule has 0 radical (unpaired) electrons. The van der Waals surface area contributed by atoms with E-state index >= 15 is 0 Å². The Morgan fingerprint density at radius 3 is 2.23 bits per heavy atom. The molecule has 0 amide bonds. The van der Waals surface area contributed by atoms with E-state index in [1.807, 2.05) is 0 Å². The lowest BCUT2D eigenvalue weighted by Gasteiger charge is -2.23. The van der Waals surface area contributed by atoms with Gasteiger partial charge in [0.05, 0.1) is 6.20 Å². The zero-order valence-corrected chi connectivity index (χ0v) is 18.7. The summed E-state index contributed by atoms with van der Waals surface area (Å²) in [7, 11) is 0. The predicted molar refractivity (Wildman–Crippen MR) is 119 cm³/mol. The lowest BCUT2D eigenvalue weighted by molar-refractivity contribution is -0.156. The number of hydrogen-bond acceptors (Lipinski definition) is 9. The van der Waals surface area contributed by atoms with Crippen LogP contribution in [0.5, 0.6) is 11.5 Å². The molecule has 9 nitrogen and oxygen atoms in total. The van der Waals surface area contributed by atoms with Crippen LogP contribution < -0.4 is 15.8 Å². The highest BCUT2D eigenvalue weighted by atomic mass is 35.5. The molecule has 0 atom stereocenters. The molecular weight excluding hydrogens is 447 g/mol. The van der Waals surface area contributed by atoms with E-state index < -0.39 is 11.9 Å². The molecule has 1 fully saturated rings. The maximum Gasteiger partial charge on any atom is 0.310 e. The van der Waals surface area contributed by atoms with Crippen molar-refractivity contribution < 1.29 is 23.9 Å². The monoisotopic (exact) mass is 470 g/mol. The van der Waals surface area contributed by atoms with Gasteiger partial charge in [0.25, 0.3) is 0 Å². The number of Topliss-reactive ketones (excluding diaryl/α,β-unsaturated/α-hetero) is 1. The number of hydrogen-bond donors (Lipinski definition) is 2. The lowest BCUT2D eigenvalue weighted by atomic mass is 9.94. The lowest BCUT2D eigenvalue weighted by Crippen LogP contribution is -2.26. The van der Waals surface area contributed by atoms with Gasteiger partial charge in [-0.25, -0.2) is 4.98 Å². The molecule has 11 heteroatoms. The van der Waals surface area contributed by atoms with E-state index in [0.717, 1.165) is 12.8 Å². The van der Waals surface area contributed by atoms with E-state index in [1.54, 1.807) is 24.3 Å². The first-order chi connectivity index (χ1) is 14.2. The summed E-state index contributed by atoms with van der Waals surface area (Å²) in [6, 6.07) is 7.20. The van der Waals surface area contributed by atoms with E-state index in [4.69, 9.17) is 22.1 Å². The van der Waals surface area contributed by atoms with Crippen molar-refractivity contribution in [3.63, 3.8) is 0 Å². The van der Waals surface area contributed by atoms with Crippen LogP contribution in [0.4, 0.5) is 11.8 Å². The molecule has 1 aliphatic carbocycles. The Hall–Kier alpha value is -2.91. The summed E-state index contributed by atoms with van der Waals surface area (Å²) in [5.74, 6) is 1.00. The second kappa shape index (κ2) is 12.7. The fourth-order valence-corrected chi connectivity index (χ4v) is 2.80. The molecule has 1 aromatic carbocycles. The third kappa shape index (κ3) is 9.63. The van der Waals surface area contributed by atoms with Gasteiger partial charge in [0.2, 0.25) is 5.95 Å². The summed E-state index contributed by atoms with van der Waals surface area (Å²) in [6.07, 6.45) is 4.27. The number of esters is 2. The molecule has 168 valence electrons. The Kier molecular flexibility index (Phi) is 10.7. The van der Waals surface area contributed by atoms with Crippen LogP contribution in [-0.4, -0.2) is 33.7 Å². The molecule has 1 heterocycles. The van der Waals surface area contributed by atoms with E-state index in [1.165, 1.54) is 20.0 Å². The van der Waals surface area contributed by atoms with Gasteiger partial charge in [0.1, 0.15) is 11.5 Å². The summed E-state index contributed by atoms with van der Waals surface area (Å²) >= 11 is 5.87. The number of nitrogens with zero attached hydrogens (tertiary/aromatic N) is 2. The molecule has 1 aliphatic rings. The van der Waals surface area contributed by atoms with Crippen LogP contribution in [0.25, 0.3) is 0 Å². The van der Waals surface area contributed by atoms with Gasteiger partial charge >= 0.3 is 11.9 Å². The first-order valence-electron chi connectivity index (χ1n) is 9.26. The number of nitrogen functional groups attached to an aromatic ring is 1. The van der Waals surface area contributed by atoms with Gasteiger partial charge in [-0.15, -0.1) is 12.4 Å². The van der Waals surface area contributed by atoms with Gasteiger partial charge in [-0.05, 0) is 37.1 Å². The van der Waals surface area contributed by atoms with E-state index in [2.05, 4.69) is 20.0 Å². The zero-order valence-electron chi connectivity index (χ0n) is 17.1. The molecule has 1 aromatic heterocycles. The largest absolute Gasteiger partial charge is 0.452 e. The molecule has 3 N–H and O–H groups in total. The summed E-state index contributed by atoms with van der Waals surface area (Å²) < 4.78 is 9.79. The first-order valence-corrected chi connectivity index (χ1v) is 9.64. The molecule has 0 bridgehead atoms. The Labute approximate surface area is 191 Å². The van der Waals surface area contributed by atoms with Gasteiger partial charge in [0, 0.05) is 37.8 Å². The highest BCUT2D eigenvalue weighted by Gasteiger charge is 2.20. The highest BCUT2D eigenvalue weighted by molar-refractivity contribution is 6.30.